The highest BCUT2D eigenvalue weighted by molar-refractivity contribution is 6.31. The topological polar surface area (TPSA) is 110 Å². The Morgan fingerprint density at radius 2 is 2.10 bits per heavy atom. The molecule has 1 aromatic rings. The molecule has 1 unspecified atom stereocenters. The number of amides is 1. The van der Waals surface area contributed by atoms with Gasteiger partial charge in [0.05, 0.1) is 4.92 Å². The minimum absolute atomic E-state index is 0.118. The van der Waals surface area contributed by atoms with Crippen molar-refractivity contribution in [3.05, 3.63) is 38.9 Å². The van der Waals surface area contributed by atoms with E-state index in [4.69, 9.17) is 11.6 Å². The van der Waals surface area contributed by atoms with Crippen LogP contribution in [-0.4, -0.2) is 27.4 Å². The third-order valence-corrected chi connectivity index (χ3v) is 3.25. The molecule has 0 aliphatic rings. The maximum atomic E-state index is 12.2. The van der Waals surface area contributed by atoms with Crippen LogP contribution in [0, 0.1) is 10.1 Å². The van der Waals surface area contributed by atoms with Crippen molar-refractivity contribution >= 4 is 29.2 Å². The monoisotopic (exact) mass is 314 g/mol. The summed E-state index contributed by atoms with van der Waals surface area (Å²) in [5.41, 5.74) is -2.18. The van der Waals surface area contributed by atoms with Gasteiger partial charge in [0.15, 0.2) is 0 Å². The van der Waals surface area contributed by atoms with Gasteiger partial charge in [-0.2, -0.15) is 0 Å². The largest absolute Gasteiger partial charge is 0.480 e. The molecular weight excluding hydrogens is 300 g/mol. The normalized spacial score (nSPS) is 13.3. The molecular formula is C13H15ClN2O5. The van der Waals surface area contributed by atoms with E-state index in [1.54, 1.807) is 6.92 Å². The minimum Gasteiger partial charge on any atom is -0.480 e. The van der Waals surface area contributed by atoms with Crippen molar-refractivity contribution in [1.82, 2.24) is 5.32 Å². The predicted octanol–water partition coefficient (Wildman–Crippen LogP) is 2.62. The number of benzene rings is 1. The number of nitrogens with zero attached hydrogens (tertiary/aromatic N) is 1. The third kappa shape index (κ3) is 3.91. The summed E-state index contributed by atoms with van der Waals surface area (Å²) in [6.45, 7) is 3.14. The summed E-state index contributed by atoms with van der Waals surface area (Å²) in [6, 6.07) is 3.58. The Bertz CT molecular complexity index is 590. The van der Waals surface area contributed by atoms with Crippen LogP contribution in [0.15, 0.2) is 18.2 Å². The van der Waals surface area contributed by atoms with Crippen molar-refractivity contribution in [2.45, 2.75) is 32.2 Å². The van der Waals surface area contributed by atoms with Crippen molar-refractivity contribution in [2.75, 3.05) is 0 Å². The van der Waals surface area contributed by atoms with Crippen LogP contribution in [0.2, 0.25) is 5.02 Å². The van der Waals surface area contributed by atoms with Gasteiger partial charge in [-0.25, -0.2) is 4.79 Å². The average molecular weight is 315 g/mol. The zero-order chi connectivity index (χ0) is 16.2. The number of nitro groups is 1. The van der Waals surface area contributed by atoms with Crippen molar-refractivity contribution in [2.24, 2.45) is 0 Å². The van der Waals surface area contributed by atoms with E-state index in [-0.39, 0.29) is 17.0 Å². The molecule has 0 aliphatic carbocycles. The van der Waals surface area contributed by atoms with Gasteiger partial charge >= 0.3 is 5.97 Å². The average Bonchev–Trinajstić information content (AvgIpc) is 2.38. The number of rotatable bonds is 6. The maximum Gasteiger partial charge on any atom is 0.329 e. The lowest BCUT2D eigenvalue weighted by Gasteiger charge is -2.25. The third-order valence-electron chi connectivity index (χ3n) is 3.01. The molecule has 7 nitrogen and oxygen atoms in total. The number of nitro benzene ring substituents is 1. The highest BCUT2D eigenvalue weighted by Crippen LogP contribution is 2.24. The molecule has 0 radical (unpaired) electrons. The molecule has 0 fully saturated rings. The summed E-state index contributed by atoms with van der Waals surface area (Å²) in [4.78, 5) is 33.7. The Balaban J connectivity index is 3.15. The maximum absolute atomic E-state index is 12.2. The molecule has 1 rings (SSSR count). The number of hydrogen-bond donors (Lipinski definition) is 2. The van der Waals surface area contributed by atoms with Gasteiger partial charge in [0.2, 0.25) is 0 Å². The molecule has 8 heteroatoms. The van der Waals surface area contributed by atoms with Crippen LogP contribution in [0.3, 0.4) is 0 Å². The predicted molar refractivity (Wildman–Crippen MR) is 76.5 cm³/mol. The lowest BCUT2D eigenvalue weighted by Crippen LogP contribution is -2.52. The lowest BCUT2D eigenvalue weighted by atomic mass is 9.95. The summed E-state index contributed by atoms with van der Waals surface area (Å²) in [5.74, 6) is -2.02. The summed E-state index contributed by atoms with van der Waals surface area (Å²) in [7, 11) is 0. The van der Waals surface area contributed by atoms with Crippen LogP contribution in [0.4, 0.5) is 5.69 Å². The Labute approximate surface area is 126 Å². The van der Waals surface area contributed by atoms with E-state index in [0.717, 1.165) is 6.07 Å². The highest BCUT2D eigenvalue weighted by atomic mass is 35.5. The number of nitrogens with one attached hydrogen (secondary N) is 1. The quantitative estimate of drug-likeness (QED) is 0.619. The first-order valence-corrected chi connectivity index (χ1v) is 6.59. The van der Waals surface area contributed by atoms with Gasteiger partial charge in [-0.1, -0.05) is 24.9 Å². The first-order valence-electron chi connectivity index (χ1n) is 6.21. The van der Waals surface area contributed by atoms with E-state index >= 15 is 0 Å². The smallest absolute Gasteiger partial charge is 0.329 e. The molecule has 0 aliphatic heterocycles. The standard InChI is InChI=1S/C13H15ClN2O5/c1-3-6-13(2,12(18)19)15-11(17)9-5-4-8(14)7-10(9)16(20)21/h4-5,7H,3,6H2,1-2H3,(H,15,17)(H,18,19). The number of hydrogen-bond acceptors (Lipinski definition) is 4. The Morgan fingerprint density at radius 3 is 2.57 bits per heavy atom. The van der Waals surface area contributed by atoms with E-state index < -0.39 is 28.0 Å². The van der Waals surface area contributed by atoms with E-state index in [1.165, 1.54) is 19.1 Å². The molecule has 1 amide bonds. The fraction of sp³-hybridized carbons (Fsp3) is 0.385. The molecule has 0 heterocycles. The van der Waals surface area contributed by atoms with Crippen molar-refractivity contribution in [3.63, 3.8) is 0 Å². The summed E-state index contributed by atoms with van der Waals surface area (Å²) < 4.78 is 0. The minimum atomic E-state index is -1.49. The van der Waals surface area contributed by atoms with E-state index in [0.29, 0.717) is 6.42 Å². The molecule has 21 heavy (non-hydrogen) atoms. The molecule has 2 N–H and O–H groups in total. The molecule has 0 bridgehead atoms. The number of carboxylic acids is 1. The van der Waals surface area contributed by atoms with Crippen LogP contribution in [0.1, 0.15) is 37.0 Å². The van der Waals surface area contributed by atoms with Crippen LogP contribution in [0.25, 0.3) is 0 Å². The first-order chi connectivity index (χ1) is 9.71. The van der Waals surface area contributed by atoms with Crippen LogP contribution in [-0.2, 0) is 4.79 Å². The molecule has 0 saturated heterocycles. The van der Waals surface area contributed by atoms with E-state index in [2.05, 4.69) is 5.32 Å². The van der Waals surface area contributed by atoms with Crippen molar-refractivity contribution in [1.29, 1.82) is 0 Å². The Morgan fingerprint density at radius 1 is 1.48 bits per heavy atom. The summed E-state index contributed by atoms with van der Waals surface area (Å²) in [6.07, 6.45) is 0.737. The van der Waals surface area contributed by atoms with Gasteiger partial charge in [0.1, 0.15) is 11.1 Å². The van der Waals surface area contributed by atoms with Crippen molar-refractivity contribution < 1.29 is 19.6 Å². The fourth-order valence-corrected chi connectivity index (χ4v) is 2.06. The zero-order valence-corrected chi connectivity index (χ0v) is 12.3. The molecule has 0 spiro atoms. The first kappa shape index (κ1) is 16.9. The number of halogens is 1. The van der Waals surface area contributed by atoms with Gasteiger partial charge in [0, 0.05) is 11.1 Å². The second kappa shape index (κ2) is 6.53. The molecule has 114 valence electrons. The Kier molecular flexibility index (Phi) is 5.26. The Hall–Kier alpha value is -2.15. The molecule has 0 aromatic heterocycles. The molecule has 0 saturated carbocycles. The summed E-state index contributed by atoms with van der Waals surface area (Å²) >= 11 is 5.67. The lowest BCUT2D eigenvalue weighted by molar-refractivity contribution is -0.385. The van der Waals surface area contributed by atoms with Crippen LogP contribution >= 0.6 is 11.6 Å². The summed E-state index contributed by atoms with van der Waals surface area (Å²) in [5, 5.41) is 22.6. The highest BCUT2D eigenvalue weighted by Gasteiger charge is 2.35. The van der Waals surface area contributed by atoms with Gasteiger partial charge in [0.25, 0.3) is 11.6 Å². The van der Waals surface area contributed by atoms with E-state index in [9.17, 15) is 24.8 Å². The van der Waals surface area contributed by atoms with Gasteiger partial charge in [-0.05, 0) is 25.5 Å². The van der Waals surface area contributed by atoms with Crippen LogP contribution in [0.5, 0.6) is 0 Å². The van der Waals surface area contributed by atoms with Crippen LogP contribution < -0.4 is 5.32 Å². The number of carboxylic acid groups (broad SMARTS) is 1. The molecule has 1 aromatic carbocycles. The second-order valence-electron chi connectivity index (χ2n) is 4.76. The number of carbonyl (C=O) groups excluding carboxylic acids is 1. The fourth-order valence-electron chi connectivity index (χ4n) is 1.89. The van der Waals surface area contributed by atoms with Gasteiger partial charge in [-0.3, -0.25) is 14.9 Å². The van der Waals surface area contributed by atoms with Crippen molar-refractivity contribution in [3.8, 4) is 0 Å². The molecule has 1 atom stereocenters. The SMILES string of the molecule is CCCC(C)(NC(=O)c1ccc(Cl)cc1[N+](=O)[O-])C(=O)O. The number of carbonyl (C=O) groups is 2. The van der Waals surface area contributed by atoms with Gasteiger partial charge in [-0.15, -0.1) is 0 Å². The second-order valence-corrected chi connectivity index (χ2v) is 5.20. The van der Waals surface area contributed by atoms with E-state index in [1.807, 2.05) is 0 Å². The number of aliphatic carboxylic acids is 1. The zero-order valence-electron chi connectivity index (χ0n) is 11.6. The van der Waals surface area contributed by atoms with Gasteiger partial charge < -0.3 is 10.4 Å².